The van der Waals surface area contributed by atoms with Gasteiger partial charge in [0.15, 0.2) is 11.0 Å². The van der Waals surface area contributed by atoms with E-state index in [9.17, 15) is 4.79 Å². The summed E-state index contributed by atoms with van der Waals surface area (Å²) in [6.07, 6.45) is 0. The van der Waals surface area contributed by atoms with E-state index in [2.05, 4.69) is 5.32 Å². The number of hydrogen-bond acceptors (Lipinski definition) is 3. The Morgan fingerprint density at radius 2 is 2.06 bits per heavy atom. The van der Waals surface area contributed by atoms with E-state index in [1.54, 1.807) is 0 Å². The number of anilines is 2. The highest BCUT2D eigenvalue weighted by Crippen LogP contribution is 2.19. The monoisotopic (exact) mass is 264 g/mol. The number of nitrogens with zero attached hydrogens (tertiary/aromatic N) is 1. The molecule has 0 aliphatic carbocycles. The number of furan rings is 1. The van der Waals surface area contributed by atoms with Gasteiger partial charge in [-0.1, -0.05) is 6.07 Å². The molecule has 94 valence electrons. The Morgan fingerprint density at radius 3 is 2.67 bits per heavy atom. The minimum Gasteiger partial charge on any atom is -0.440 e. The first-order valence-corrected chi connectivity index (χ1v) is 5.78. The van der Waals surface area contributed by atoms with Crippen LogP contribution in [0.4, 0.5) is 11.4 Å². The van der Waals surface area contributed by atoms with Crippen LogP contribution in [0.5, 0.6) is 0 Å². The molecule has 4 nitrogen and oxygen atoms in total. The van der Waals surface area contributed by atoms with Gasteiger partial charge in [0.05, 0.1) is 0 Å². The third-order valence-corrected chi connectivity index (χ3v) is 2.62. The second-order valence-corrected chi connectivity index (χ2v) is 4.38. The number of hydrogen-bond donors (Lipinski definition) is 1. The lowest BCUT2D eigenvalue weighted by Gasteiger charge is -2.13. The van der Waals surface area contributed by atoms with Gasteiger partial charge in [0.2, 0.25) is 0 Å². The molecule has 0 fully saturated rings. The first kappa shape index (κ1) is 12.5. The summed E-state index contributed by atoms with van der Waals surface area (Å²) in [7, 11) is 3.88. The molecule has 0 bridgehead atoms. The summed E-state index contributed by atoms with van der Waals surface area (Å²) in [6, 6.07) is 10.6. The Balaban J connectivity index is 2.14. The Labute approximate surface area is 110 Å². The molecule has 18 heavy (non-hydrogen) atoms. The van der Waals surface area contributed by atoms with Crippen molar-refractivity contribution in [3.05, 3.63) is 47.4 Å². The molecule has 0 radical (unpaired) electrons. The van der Waals surface area contributed by atoms with Gasteiger partial charge >= 0.3 is 0 Å². The van der Waals surface area contributed by atoms with Crippen LogP contribution in [0.25, 0.3) is 0 Å². The van der Waals surface area contributed by atoms with E-state index >= 15 is 0 Å². The largest absolute Gasteiger partial charge is 0.440 e. The van der Waals surface area contributed by atoms with Crippen molar-refractivity contribution in [1.29, 1.82) is 0 Å². The van der Waals surface area contributed by atoms with Gasteiger partial charge in [0.1, 0.15) is 0 Å². The molecule has 1 aromatic carbocycles. The lowest BCUT2D eigenvalue weighted by atomic mass is 10.2. The minimum atomic E-state index is -0.321. The van der Waals surface area contributed by atoms with Crippen LogP contribution in [0.2, 0.25) is 5.22 Å². The van der Waals surface area contributed by atoms with Crippen LogP contribution in [0.15, 0.2) is 40.8 Å². The second-order valence-electron chi connectivity index (χ2n) is 4.00. The van der Waals surface area contributed by atoms with Gasteiger partial charge in [-0.3, -0.25) is 4.79 Å². The molecular weight excluding hydrogens is 252 g/mol. The van der Waals surface area contributed by atoms with E-state index in [0.29, 0.717) is 5.69 Å². The quantitative estimate of drug-likeness (QED) is 0.926. The van der Waals surface area contributed by atoms with Crippen molar-refractivity contribution in [3.63, 3.8) is 0 Å². The lowest BCUT2D eigenvalue weighted by molar-refractivity contribution is 0.0997. The average Bonchev–Trinajstić information content (AvgIpc) is 2.76. The predicted molar refractivity (Wildman–Crippen MR) is 72.4 cm³/mol. The van der Waals surface area contributed by atoms with Gasteiger partial charge in [-0.2, -0.15) is 0 Å². The van der Waals surface area contributed by atoms with Gasteiger partial charge in [-0.05, 0) is 41.9 Å². The fourth-order valence-corrected chi connectivity index (χ4v) is 1.64. The van der Waals surface area contributed by atoms with Gasteiger partial charge in [0, 0.05) is 25.5 Å². The summed E-state index contributed by atoms with van der Waals surface area (Å²) in [5.41, 5.74) is 1.71. The molecule has 5 heteroatoms. The van der Waals surface area contributed by atoms with Gasteiger partial charge < -0.3 is 14.6 Å². The third kappa shape index (κ3) is 2.84. The first-order chi connectivity index (χ1) is 8.56. The summed E-state index contributed by atoms with van der Waals surface area (Å²) in [6.45, 7) is 0. The fourth-order valence-electron chi connectivity index (χ4n) is 1.49. The van der Waals surface area contributed by atoms with Crippen LogP contribution >= 0.6 is 11.6 Å². The molecule has 0 saturated carbocycles. The Hall–Kier alpha value is -1.94. The number of carbonyl (C=O) groups is 1. The fraction of sp³-hybridized carbons (Fsp3) is 0.154. The number of amides is 1. The molecule has 0 unspecified atom stereocenters. The Kier molecular flexibility index (Phi) is 3.58. The zero-order valence-corrected chi connectivity index (χ0v) is 10.9. The van der Waals surface area contributed by atoms with Crippen molar-refractivity contribution < 1.29 is 9.21 Å². The number of rotatable bonds is 3. The molecule has 2 rings (SSSR count). The van der Waals surface area contributed by atoms with Crippen molar-refractivity contribution in [3.8, 4) is 0 Å². The molecule has 1 heterocycles. The predicted octanol–water partition coefficient (Wildman–Crippen LogP) is 3.25. The SMILES string of the molecule is CN(C)c1cccc(NC(=O)c2ccc(Cl)o2)c1. The van der Waals surface area contributed by atoms with E-state index in [-0.39, 0.29) is 16.9 Å². The maximum atomic E-state index is 11.8. The summed E-state index contributed by atoms with van der Waals surface area (Å²) < 4.78 is 5.04. The minimum absolute atomic E-state index is 0.190. The molecular formula is C13H13ClN2O2. The standard InChI is InChI=1S/C13H13ClN2O2/c1-16(2)10-5-3-4-9(8-10)15-13(17)11-6-7-12(14)18-11/h3-8H,1-2H3,(H,15,17). The molecule has 0 atom stereocenters. The van der Waals surface area contributed by atoms with Crippen molar-refractivity contribution in [1.82, 2.24) is 0 Å². The second kappa shape index (κ2) is 5.14. The molecule has 0 spiro atoms. The van der Waals surface area contributed by atoms with Crippen molar-refractivity contribution in [2.45, 2.75) is 0 Å². The smallest absolute Gasteiger partial charge is 0.291 e. The zero-order chi connectivity index (χ0) is 13.1. The Bertz CT molecular complexity index is 564. The number of carbonyl (C=O) groups excluding carboxylic acids is 1. The number of halogens is 1. The van der Waals surface area contributed by atoms with E-state index < -0.39 is 0 Å². The molecule has 0 aliphatic heterocycles. The highest BCUT2D eigenvalue weighted by atomic mass is 35.5. The van der Waals surface area contributed by atoms with E-state index in [1.807, 2.05) is 43.3 Å². The maximum absolute atomic E-state index is 11.8. The van der Waals surface area contributed by atoms with Crippen molar-refractivity contribution in [2.24, 2.45) is 0 Å². The van der Waals surface area contributed by atoms with Crippen molar-refractivity contribution >= 4 is 28.9 Å². The first-order valence-electron chi connectivity index (χ1n) is 5.40. The molecule has 1 aromatic heterocycles. The van der Waals surface area contributed by atoms with E-state index in [4.69, 9.17) is 16.0 Å². The molecule has 0 aliphatic rings. The highest BCUT2D eigenvalue weighted by molar-refractivity contribution is 6.29. The molecule has 0 saturated heterocycles. The summed E-state index contributed by atoms with van der Waals surface area (Å²) in [5, 5.41) is 2.95. The van der Waals surface area contributed by atoms with Crippen LogP contribution in [-0.4, -0.2) is 20.0 Å². The van der Waals surface area contributed by atoms with Gasteiger partial charge in [-0.25, -0.2) is 0 Å². The van der Waals surface area contributed by atoms with Gasteiger partial charge in [-0.15, -0.1) is 0 Å². The van der Waals surface area contributed by atoms with Crippen LogP contribution in [0.1, 0.15) is 10.6 Å². The lowest BCUT2D eigenvalue weighted by Crippen LogP contribution is -2.12. The highest BCUT2D eigenvalue weighted by Gasteiger charge is 2.10. The number of benzene rings is 1. The average molecular weight is 265 g/mol. The summed E-state index contributed by atoms with van der Waals surface area (Å²) in [5.74, 6) is -0.131. The van der Waals surface area contributed by atoms with E-state index in [1.165, 1.54) is 12.1 Å². The zero-order valence-electron chi connectivity index (χ0n) is 10.1. The topological polar surface area (TPSA) is 45.5 Å². The van der Waals surface area contributed by atoms with E-state index in [0.717, 1.165) is 5.69 Å². The molecule has 1 amide bonds. The van der Waals surface area contributed by atoms with Gasteiger partial charge in [0.25, 0.3) is 5.91 Å². The van der Waals surface area contributed by atoms with Crippen LogP contribution in [-0.2, 0) is 0 Å². The van der Waals surface area contributed by atoms with Crippen molar-refractivity contribution in [2.75, 3.05) is 24.3 Å². The molecule has 2 aromatic rings. The summed E-state index contributed by atoms with van der Waals surface area (Å²) in [4.78, 5) is 13.8. The maximum Gasteiger partial charge on any atom is 0.291 e. The Morgan fingerprint density at radius 1 is 1.28 bits per heavy atom. The normalized spacial score (nSPS) is 10.2. The molecule has 1 N–H and O–H groups in total. The van der Waals surface area contributed by atoms with Crippen LogP contribution in [0.3, 0.4) is 0 Å². The number of nitrogens with one attached hydrogen (secondary N) is 1. The summed E-state index contributed by atoms with van der Waals surface area (Å²) >= 11 is 5.62. The van der Waals surface area contributed by atoms with Crippen LogP contribution < -0.4 is 10.2 Å². The third-order valence-electron chi connectivity index (χ3n) is 2.42. The van der Waals surface area contributed by atoms with Crippen LogP contribution in [0, 0.1) is 0 Å².